The number of piperidine rings is 1. The molecule has 0 spiro atoms. The molecule has 1 saturated heterocycles. The lowest BCUT2D eigenvalue weighted by molar-refractivity contribution is -0.122. The van der Waals surface area contributed by atoms with Crippen molar-refractivity contribution in [2.45, 2.75) is 46.1 Å². The normalized spacial score (nSPS) is 21.2. The topological polar surface area (TPSA) is 44.4 Å². The van der Waals surface area contributed by atoms with Crippen LogP contribution in [0.5, 0.6) is 0 Å². The van der Waals surface area contributed by atoms with Gasteiger partial charge in [0.1, 0.15) is 0 Å². The van der Waals surface area contributed by atoms with Crippen molar-refractivity contribution in [1.29, 1.82) is 0 Å². The monoisotopic (exact) mass is 255 g/mol. The van der Waals surface area contributed by atoms with Gasteiger partial charge in [-0.25, -0.2) is 0 Å². The summed E-state index contributed by atoms with van der Waals surface area (Å²) >= 11 is 0. The lowest BCUT2D eigenvalue weighted by atomic mass is 10.1. The van der Waals surface area contributed by atoms with Crippen LogP contribution < -0.4 is 10.6 Å². The van der Waals surface area contributed by atoms with E-state index in [4.69, 9.17) is 0 Å². The number of nitrogens with one attached hydrogen (secondary N) is 2. The quantitative estimate of drug-likeness (QED) is 0.719. The molecule has 1 aliphatic heterocycles. The van der Waals surface area contributed by atoms with Gasteiger partial charge >= 0.3 is 0 Å². The Balaban J connectivity index is 2.22. The highest BCUT2D eigenvalue weighted by molar-refractivity contribution is 5.78. The first kappa shape index (κ1) is 15.4. The zero-order valence-electron chi connectivity index (χ0n) is 12.2. The number of hydrogen-bond acceptors (Lipinski definition) is 3. The first-order valence-corrected chi connectivity index (χ1v) is 7.34. The van der Waals surface area contributed by atoms with Crippen LogP contribution in [0.4, 0.5) is 0 Å². The van der Waals surface area contributed by atoms with Crippen LogP contribution in [-0.2, 0) is 4.79 Å². The molecule has 0 aliphatic carbocycles. The van der Waals surface area contributed by atoms with E-state index in [1.165, 1.54) is 19.3 Å². The maximum Gasteiger partial charge on any atom is 0.234 e. The average Bonchev–Trinajstić information content (AvgIpc) is 2.34. The van der Waals surface area contributed by atoms with Gasteiger partial charge in [0.05, 0.1) is 6.54 Å². The highest BCUT2D eigenvalue weighted by Crippen LogP contribution is 2.09. The van der Waals surface area contributed by atoms with Crippen molar-refractivity contribution in [3.05, 3.63) is 0 Å². The summed E-state index contributed by atoms with van der Waals surface area (Å²) in [5.74, 6) is 0.689. The summed E-state index contributed by atoms with van der Waals surface area (Å²) in [6.45, 7) is 10.9. The number of likely N-dealkylation sites (tertiary alicyclic amines) is 1. The molecular weight excluding hydrogens is 226 g/mol. The van der Waals surface area contributed by atoms with Crippen LogP contribution in [0, 0.1) is 5.92 Å². The molecule has 106 valence electrons. The molecule has 0 bridgehead atoms. The van der Waals surface area contributed by atoms with Crippen LogP contribution in [0.25, 0.3) is 0 Å². The van der Waals surface area contributed by atoms with E-state index in [1.54, 1.807) is 0 Å². The fourth-order valence-corrected chi connectivity index (χ4v) is 2.29. The van der Waals surface area contributed by atoms with E-state index in [9.17, 15) is 4.79 Å². The highest BCUT2D eigenvalue weighted by Gasteiger charge is 2.20. The van der Waals surface area contributed by atoms with Crippen molar-refractivity contribution in [2.75, 3.05) is 32.7 Å². The molecule has 1 atom stereocenters. The standard InChI is InChI=1S/C14H29N3O/c1-4-7-15-13-6-5-8-17(10-13)11-14(18)16-9-12(2)3/h12-13,15H,4-11H2,1-3H3,(H,16,18). The second kappa shape index (κ2) is 8.48. The van der Waals surface area contributed by atoms with E-state index in [1.807, 2.05) is 0 Å². The van der Waals surface area contributed by atoms with Crippen LogP contribution in [-0.4, -0.2) is 49.6 Å². The van der Waals surface area contributed by atoms with Crippen LogP contribution in [0.1, 0.15) is 40.0 Å². The van der Waals surface area contributed by atoms with Crippen molar-refractivity contribution in [3.8, 4) is 0 Å². The number of hydrogen-bond donors (Lipinski definition) is 2. The van der Waals surface area contributed by atoms with E-state index in [-0.39, 0.29) is 5.91 Å². The fraction of sp³-hybridized carbons (Fsp3) is 0.929. The third kappa shape index (κ3) is 6.36. The first-order valence-electron chi connectivity index (χ1n) is 7.34. The highest BCUT2D eigenvalue weighted by atomic mass is 16.2. The van der Waals surface area contributed by atoms with Gasteiger partial charge in [0, 0.05) is 19.1 Å². The van der Waals surface area contributed by atoms with Gasteiger partial charge in [0.2, 0.25) is 5.91 Å². The van der Waals surface area contributed by atoms with Crippen LogP contribution in [0.2, 0.25) is 0 Å². The van der Waals surface area contributed by atoms with E-state index in [2.05, 4.69) is 36.3 Å². The Kier molecular flexibility index (Phi) is 7.28. The number of carbonyl (C=O) groups excluding carboxylic acids is 1. The Labute approximate surface area is 111 Å². The van der Waals surface area contributed by atoms with Crippen molar-refractivity contribution in [1.82, 2.24) is 15.5 Å². The molecule has 2 N–H and O–H groups in total. The summed E-state index contributed by atoms with van der Waals surface area (Å²) in [7, 11) is 0. The number of rotatable bonds is 7. The second-order valence-electron chi connectivity index (χ2n) is 5.73. The lowest BCUT2D eigenvalue weighted by Gasteiger charge is -2.32. The summed E-state index contributed by atoms with van der Waals surface area (Å²) in [4.78, 5) is 14.0. The largest absolute Gasteiger partial charge is 0.355 e. The summed E-state index contributed by atoms with van der Waals surface area (Å²) in [5.41, 5.74) is 0. The van der Waals surface area contributed by atoms with E-state index in [0.717, 1.165) is 26.2 Å². The van der Waals surface area contributed by atoms with Gasteiger partial charge in [-0.1, -0.05) is 20.8 Å². The van der Waals surface area contributed by atoms with Gasteiger partial charge in [0.15, 0.2) is 0 Å². The fourth-order valence-electron chi connectivity index (χ4n) is 2.29. The molecule has 0 aromatic carbocycles. The number of nitrogens with zero attached hydrogens (tertiary/aromatic N) is 1. The third-order valence-electron chi connectivity index (χ3n) is 3.26. The van der Waals surface area contributed by atoms with Gasteiger partial charge in [-0.2, -0.15) is 0 Å². The minimum atomic E-state index is 0.167. The number of carbonyl (C=O) groups is 1. The maximum atomic E-state index is 11.8. The molecule has 0 aromatic rings. The molecule has 1 unspecified atom stereocenters. The number of amides is 1. The molecule has 18 heavy (non-hydrogen) atoms. The van der Waals surface area contributed by atoms with E-state index < -0.39 is 0 Å². The molecule has 1 aliphatic rings. The molecule has 0 radical (unpaired) electrons. The molecule has 1 heterocycles. The van der Waals surface area contributed by atoms with Crippen molar-refractivity contribution in [2.24, 2.45) is 5.92 Å². The SMILES string of the molecule is CCCNC1CCCN(CC(=O)NCC(C)C)C1. The predicted octanol–water partition coefficient (Wildman–Crippen LogP) is 1.22. The summed E-state index contributed by atoms with van der Waals surface area (Å²) in [6, 6.07) is 0.566. The van der Waals surface area contributed by atoms with Gasteiger partial charge in [0.25, 0.3) is 0 Å². The minimum Gasteiger partial charge on any atom is -0.355 e. The molecule has 4 nitrogen and oxygen atoms in total. The Morgan fingerprint density at radius 3 is 2.89 bits per heavy atom. The minimum absolute atomic E-state index is 0.167. The van der Waals surface area contributed by atoms with Gasteiger partial charge in [-0.15, -0.1) is 0 Å². The summed E-state index contributed by atoms with van der Waals surface area (Å²) < 4.78 is 0. The van der Waals surface area contributed by atoms with Gasteiger partial charge < -0.3 is 10.6 Å². The van der Waals surface area contributed by atoms with Crippen LogP contribution in [0.15, 0.2) is 0 Å². The zero-order valence-corrected chi connectivity index (χ0v) is 12.2. The summed E-state index contributed by atoms with van der Waals surface area (Å²) in [6.07, 6.45) is 3.61. The van der Waals surface area contributed by atoms with Crippen molar-refractivity contribution >= 4 is 5.91 Å². The van der Waals surface area contributed by atoms with Gasteiger partial charge in [-0.05, 0) is 38.3 Å². The second-order valence-corrected chi connectivity index (χ2v) is 5.73. The van der Waals surface area contributed by atoms with Gasteiger partial charge in [-0.3, -0.25) is 9.69 Å². The third-order valence-corrected chi connectivity index (χ3v) is 3.26. The predicted molar refractivity (Wildman–Crippen MR) is 75.6 cm³/mol. The molecule has 1 fully saturated rings. The average molecular weight is 255 g/mol. The van der Waals surface area contributed by atoms with Crippen molar-refractivity contribution in [3.63, 3.8) is 0 Å². The lowest BCUT2D eigenvalue weighted by Crippen LogP contribution is -2.49. The molecule has 0 aromatic heterocycles. The first-order chi connectivity index (χ1) is 8.61. The Morgan fingerprint density at radius 1 is 1.44 bits per heavy atom. The Morgan fingerprint density at radius 2 is 2.22 bits per heavy atom. The molecule has 1 rings (SSSR count). The molecule has 0 saturated carbocycles. The Bertz CT molecular complexity index is 243. The summed E-state index contributed by atoms with van der Waals surface area (Å²) in [5, 5.41) is 6.54. The van der Waals surface area contributed by atoms with E-state index in [0.29, 0.717) is 18.5 Å². The van der Waals surface area contributed by atoms with E-state index >= 15 is 0 Å². The molecule has 4 heteroatoms. The van der Waals surface area contributed by atoms with Crippen LogP contribution >= 0.6 is 0 Å². The zero-order chi connectivity index (χ0) is 13.4. The van der Waals surface area contributed by atoms with Crippen molar-refractivity contribution < 1.29 is 4.79 Å². The molecular formula is C14H29N3O. The smallest absolute Gasteiger partial charge is 0.234 e. The maximum absolute atomic E-state index is 11.8. The Hall–Kier alpha value is -0.610. The molecule has 1 amide bonds. The van der Waals surface area contributed by atoms with Crippen LogP contribution in [0.3, 0.4) is 0 Å².